The second-order valence-corrected chi connectivity index (χ2v) is 6.86. The smallest absolute Gasteiger partial charge is 0.173 e. The lowest BCUT2D eigenvalue weighted by Crippen LogP contribution is -3.16. The maximum Gasteiger partial charge on any atom is 0.173 e. The van der Waals surface area contributed by atoms with Crippen LogP contribution in [-0.4, -0.2) is 42.2 Å². The van der Waals surface area contributed by atoms with Crippen LogP contribution in [0.4, 0.5) is 5.69 Å². The number of hydrogen-bond donors (Lipinski definition) is 2. The largest absolute Gasteiger partial charge is 0.349 e. The van der Waals surface area contributed by atoms with Crippen LogP contribution in [0.2, 0.25) is 5.02 Å². The maximum absolute atomic E-state index is 6.16. The van der Waals surface area contributed by atoms with Crippen molar-refractivity contribution in [2.75, 3.05) is 25.5 Å². The molecule has 0 aliphatic carbocycles. The molecule has 21 heavy (non-hydrogen) atoms. The van der Waals surface area contributed by atoms with E-state index in [1.165, 1.54) is 12.8 Å². The van der Waals surface area contributed by atoms with Crippen molar-refractivity contribution in [3.05, 3.63) is 29.3 Å². The Labute approximate surface area is 138 Å². The van der Waals surface area contributed by atoms with Crippen molar-refractivity contribution in [2.45, 2.75) is 38.8 Å². The Morgan fingerprint density at radius 2 is 1.95 bits per heavy atom. The molecule has 2 rings (SSSR count). The fraction of sp³-hybridized carbons (Fsp3) is 0.562. The second kappa shape index (κ2) is 7.43. The molecule has 1 fully saturated rings. The van der Waals surface area contributed by atoms with Gasteiger partial charge < -0.3 is 15.1 Å². The number of benzene rings is 1. The Hall–Kier alpha value is -0.840. The number of para-hydroxylation sites is 1. The van der Waals surface area contributed by atoms with Crippen LogP contribution < -0.4 is 10.2 Å². The van der Waals surface area contributed by atoms with Gasteiger partial charge >= 0.3 is 0 Å². The van der Waals surface area contributed by atoms with E-state index in [0.717, 1.165) is 29.9 Å². The van der Waals surface area contributed by atoms with E-state index in [0.29, 0.717) is 11.1 Å². The fourth-order valence-corrected chi connectivity index (χ4v) is 3.24. The Kier molecular flexibility index (Phi) is 5.85. The highest BCUT2D eigenvalue weighted by Crippen LogP contribution is 2.21. The summed E-state index contributed by atoms with van der Waals surface area (Å²) in [7, 11) is 2.30. The number of hydrogen-bond acceptors (Lipinski definition) is 1. The third kappa shape index (κ3) is 4.31. The normalized spacial score (nSPS) is 17.9. The predicted octanol–water partition coefficient (Wildman–Crippen LogP) is 2.42. The number of likely N-dealkylation sites (tertiary alicyclic amines) is 1. The average molecular weight is 327 g/mol. The zero-order valence-corrected chi connectivity index (χ0v) is 14.6. The number of anilines is 1. The Bertz CT molecular complexity index is 484. The fourth-order valence-electron chi connectivity index (χ4n) is 2.77. The molecule has 1 unspecified atom stereocenters. The van der Waals surface area contributed by atoms with Gasteiger partial charge in [-0.1, -0.05) is 23.7 Å². The van der Waals surface area contributed by atoms with Crippen molar-refractivity contribution in [2.24, 2.45) is 0 Å². The molecule has 1 atom stereocenters. The van der Waals surface area contributed by atoms with Gasteiger partial charge in [0.05, 0.1) is 29.8 Å². The molecular formula is C16H25ClN3S+. The van der Waals surface area contributed by atoms with Crippen LogP contribution in [0.25, 0.3) is 0 Å². The molecule has 1 saturated heterocycles. The molecule has 0 aromatic heterocycles. The molecule has 0 saturated carbocycles. The van der Waals surface area contributed by atoms with E-state index in [-0.39, 0.29) is 0 Å². The van der Waals surface area contributed by atoms with Gasteiger partial charge in [0.25, 0.3) is 0 Å². The zero-order valence-electron chi connectivity index (χ0n) is 13.0. The Balaban J connectivity index is 1.88. The van der Waals surface area contributed by atoms with Crippen LogP contribution >= 0.6 is 23.8 Å². The first kappa shape index (κ1) is 16.5. The Morgan fingerprint density at radius 3 is 2.52 bits per heavy atom. The van der Waals surface area contributed by atoms with E-state index in [1.807, 2.05) is 24.3 Å². The van der Waals surface area contributed by atoms with E-state index in [4.69, 9.17) is 23.8 Å². The van der Waals surface area contributed by atoms with Crippen molar-refractivity contribution in [1.82, 2.24) is 4.90 Å². The number of nitrogens with zero attached hydrogens (tertiary/aromatic N) is 1. The molecular weight excluding hydrogens is 302 g/mol. The molecule has 116 valence electrons. The highest BCUT2D eigenvalue weighted by Gasteiger charge is 2.27. The summed E-state index contributed by atoms with van der Waals surface area (Å²) in [6, 6.07) is 9.13. The molecule has 1 heterocycles. The SMILES string of the molecule is CC(C)[NH+](C)C1CCN(C(=S)Nc2ccccc2Cl)CC1. The van der Waals surface area contributed by atoms with Gasteiger partial charge in [-0.3, -0.25) is 0 Å². The van der Waals surface area contributed by atoms with Crippen LogP contribution in [0, 0.1) is 0 Å². The van der Waals surface area contributed by atoms with Crippen LogP contribution in [-0.2, 0) is 0 Å². The van der Waals surface area contributed by atoms with E-state index >= 15 is 0 Å². The zero-order chi connectivity index (χ0) is 15.4. The van der Waals surface area contributed by atoms with Gasteiger partial charge in [-0.2, -0.15) is 0 Å². The first-order chi connectivity index (χ1) is 9.99. The molecule has 1 aliphatic rings. The molecule has 3 nitrogen and oxygen atoms in total. The summed E-state index contributed by atoms with van der Waals surface area (Å²) in [5.41, 5.74) is 0.885. The summed E-state index contributed by atoms with van der Waals surface area (Å²) in [6.07, 6.45) is 2.38. The van der Waals surface area contributed by atoms with Crippen molar-refractivity contribution >= 4 is 34.6 Å². The van der Waals surface area contributed by atoms with Gasteiger partial charge in [0, 0.05) is 25.9 Å². The second-order valence-electron chi connectivity index (χ2n) is 6.07. The van der Waals surface area contributed by atoms with Gasteiger partial charge in [0.2, 0.25) is 0 Å². The molecule has 0 amide bonds. The molecule has 2 N–H and O–H groups in total. The minimum atomic E-state index is 0.676. The topological polar surface area (TPSA) is 19.7 Å². The summed E-state index contributed by atoms with van der Waals surface area (Å²) in [5.74, 6) is 0. The third-order valence-corrected chi connectivity index (χ3v) is 5.14. The van der Waals surface area contributed by atoms with Crippen molar-refractivity contribution < 1.29 is 4.90 Å². The summed E-state index contributed by atoms with van der Waals surface area (Å²) in [5, 5.41) is 4.75. The molecule has 1 aromatic rings. The quantitative estimate of drug-likeness (QED) is 0.832. The minimum absolute atomic E-state index is 0.676. The first-order valence-corrected chi connectivity index (χ1v) is 8.41. The minimum Gasteiger partial charge on any atom is -0.349 e. The standard InChI is InChI=1S/C16H24ClN3S/c1-12(2)19(3)13-8-10-20(11-9-13)16(21)18-15-7-5-4-6-14(15)17/h4-7,12-13H,8-11H2,1-3H3,(H,18,21)/p+1. The molecule has 1 aliphatic heterocycles. The molecule has 0 spiro atoms. The summed E-state index contributed by atoms with van der Waals surface area (Å²) < 4.78 is 0. The van der Waals surface area contributed by atoms with Gasteiger partial charge in [0.1, 0.15) is 0 Å². The average Bonchev–Trinajstić information content (AvgIpc) is 2.49. The van der Waals surface area contributed by atoms with Crippen LogP contribution in [0.15, 0.2) is 24.3 Å². The van der Waals surface area contributed by atoms with E-state index in [2.05, 4.69) is 31.1 Å². The number of piperidine rings is 1. The lowest BCUT2D eigenvalue weighted by molar-refractivity contribution is -0.928. The number of quaternary nitrogens is 1. The number of nitrogens with one attached hydrogen (secondary N) is 2. The molecule has 0 bridgehead atoms. The number of rotatable bonds is 3. The van der Waals surface area contributed by atoms with Crippen LogP contribution in [0.5, 0.6) is 0 Å². The van der Waals surface area contributed by atoms with Crippen LogP contribution in [0.1, 0.15) is 26.7 Å². The molecule has 1 aromatic carbocycles. The van der Waals surface area contributed by atoms with Gasteiger partial charge in [-0.25, -0.2) is 0 Å². The van der Waals surface area contributed by atoms with E-state index in [9.17, 15) is 0 Å². The van der Waals surface area contributed by atoms with Crippen molar-refractivity contribution in [1.29, 1.82) is 0 Å². The lowest BCUT2D eigenvalue weighted by Gasteiger charge is -2.37. The van der Waals surface area contributed by atoms with E-state index in [1.54, 1.807) is 4.90 Å². The third-order valence-electron chi connectivity index (χ3n) is 4.45. The van der Waals surface area contributed by atoms with Gasteiger partial charge in [-0.05, 0) is 38.2 Å². The van der Waals surface area contributed by atoms with Gasteiger partial charge in [-0.15, -0.1) is 0 Å². The first-order valence-electron chi connectivity index (χ1n) is 7.63. The van der Waals surface area contributed by atoms with Crippen molar-refractivity contribution in [3.63, 3.8) is 0 Å². The van der Waals surface area contributed by atoms with Crippen LogP contribution in [0.3, 0.4) is 0 Å². The maximum atomic E-state index is 6.16. The Morgan fingerprint density at radius 1 is 1.33 bits per heavy atom. The number of thiocarbonyl (C=S) groups is 1. The lowest BCUT2D eigenvalue weighted by atomic mass is 10.0. The highest BCUT2D eigenvalue weighted by atomic mass is 35.5. The summed E-state index contributed by atoms with van der Waals surface area (Å²) in [4.78, 5) is 3.88. The number of halogens is 1. The summed E-state index contributed by atoms with van der Waals surface area (Å²) >= 11 is 11.7. The van der Waals surface area contributed by atoms with Gasteiger partial charge in [0.15, 0.2) is 5.11 Å². The molecule has 0 radical (unpaired) electrons. The summed E-state index contributed by atoms with van der Waals surface area (Å²) in [6.45, 7) is 6.60. The van der Waals surface area contributed by atoms with E-state index < -0.39 is 0 Å². The predicted molar refractivity (Wildman–Crippen MR) is 94.3 cm³/mol. The molecule has 5 heteroatoms. The highest BCUT2D eigenvalue weighted by molar-refractivity contribution is 7.80. The monoisotopic (exact) mass is 326 g/mol. The van der Waals surface area contributed by atoms with Crippen molar-refractivity contribution in [3.8, 4) is 0 Å².